The lowest BCUT2D eigenvalue weighted by Crippen LogP contribution is -2.51. The molecule has 0 radical (unpaired) electrons. The van der Waals surface area contributed by atoms with Crippen LogP contribution in [0.15, 0.2) is 28.7 Å². The molecule has 1 aromatic rings. The summed E-state index contributed by atoms with van der Waals surface area (Å²) in [4.78, 5) is 15.5. The number of hydrogen-bond donors (Lipinski definition) is 1. The Kier molecular flexibility index (Phi) is 9.17. The maximum Gasteiger partial charge on any atom is 0.409 e. The summed E-state index contributed by atoms with van der Waals surface area (Å²) in [6.45, 7) is 6.53. The van der Waals surface area contributed by atoms with Crippen molar-refractivity contribution in [2.45, 2.75) is 13.0 Å². The lowest BCUT2D eigenvalue weighted by atomic mass is 10.3. The molecule has 26 heavy (non-hydrogen) atoms. The summed E-state index contributed by atoms with van der Waals surface area (Å²) in [5, 5.41) is 10.1. The zero-order valence-electron chi connectivity index (χ0n) is 15.1. The van der Waals surface area contributed by atoms with Crippen LogP contribution in [0.1, 0.15) is 6.92 Å². The second-order valence-electron chi connectivity index (χ2n) is 6.02. The maximum absolute atomic E-state index is 11.7. The molecule has 1 N–H and O–H groups in total. The number of halogens is 1. The molecule has 1 aliphatic heterocycles. The SMILES string of the molecule is CCOC(=O)N1CCN(C[C@@H](O)COCCOc2ccc(Br)cc2)CC1. The molecule has 0 bridgehead atoms. The van der Waals surface area contributed by atoms with Crippen molar-refractivity contribution >= 4 is 22.0 Å². The Labute approximate surface area is 162 Å². The van der Waals surface area contributed by atoms with E-state index in [4.69, 9.17) is 14.2 Å². The van der Waals surface area contributed by atoms with Crippen LogP contribution in [0, 0.1) is 0 Å². The zero-order chi connectivity index (χ0) is 18.8. The molecular weight excluding hydrogens is 404 g/mol. The molecule has 0 unspecified atom stereocenters. The number of aliphatic hydroxyl groups is 1. The largest absolute Gasteiger partial charge is 0.491 e. The van der Waals surface area contributed by atoms with Crippen LogP contribution in [0.2, 0.25) is 0 Å². The van der Waals surface area contributed by atoms with E-state index < -0.39 is 6.10 Å². The fourth-order valence-corrected chi connectivity index (χ4v) is 2.91. The van der Waals surface area contributed by atoms with Crippen molar-refractivity contribution in [2.24, 2.45) is 0 Å². The van der Waals surface area contributed by atoms with Gasteiger partial charge in [-0.25, -0.2) is 4.79 Å². The van der Waals surface area contributed by atoms with Gasteiger partial charge < -0.3 is 24.2 Å². The summed E-state index contributed by atoms with van der Waals surface area (Å²) >= 11 is 3.37. The van der Waals surface area contributed by atoms with Crippen LogP contribution in [0.25, 0.3) is 0 Å². The average Bonchev–Trinajstić information content (AvgIpc) is 2.64. The van der Waals surface area contributed by atoms with Crippen LogP contribution in [0.4, 0.5) is 4.79 Å². The first-order chi connectivity index (χ1) is 12.6. The number of β-amino-alcohol motifs (C(OH)–C–C–N with tert-alkyl or cyclic N) is 1. The van der Waals surface area contributed by atoms with E-state index in [0.717, 1.165) is 23.3 Å². The number of nitrogens with zero attached hydrogens (tertiary/aromatic N) is 2. The Bertz CT molecular complexity index is 535. The monoisotopic (exact) mass is 430 g/mol. The molecule has 1 aromatic carbocycles. The summed E-state index contributed by atoms with van der Waals surface area (Å²) in [5.74, 6) is 0.789. The van der Waals surface area contributed by atoms with Crippen molar-refractivity contribution in [1.29, 1.82) is 0 Å². The van der Waals surface area contributed by atoms with Gasteiger partial charge >= 0.3 is 6.09 Å². The van der Waals surface area contributed by atoms with Crippen LogP contribution < -0.4 is 4.74 Å². The Morgan fingerprint density at radius 3 is 2.54 bits per heavy atom. The van der Waals surface area contributed by atoms with Crippen molar-refractivity contribution in [3.05, 3.63) is 28.7 Å². The van der Waals surface area contributed by atoms with E-state index in [9.17, 15) is 9.90 Å². The molecule has 146 valence electrons. The number of carbonyl (C=O) groups excluding carboxylic acids is 1. The molecule has 8 heteroatoms. The molecule has 1 atom stereocenters. The zero-order valence-corrected chi connectivity index (χ0v) is 16.7. The quantitative estimate of drug-likeness (QED) is 0.603. The fourth-order valence-electron chi connectivity index (χ4n) is 2.65. The van der Waals surface area contributed by atoms with Gasteiger partial charge in [-0.05, 0) is 31.2 Å². The van der Waals surface area contributed by atoms with Crippen LogP contribution in [-0.4, -0.2) is 86.3 Å². The second kappa shape index (κ2) is 11.4. The molecule has 0 aliphatic carbocycles. The lowest BCUT2D eigenvalue weighted by Gasteiger charge is -2.34. The van der Waals surface area contributed by atoms with Crippen LogP contribution in [0.5, 0.6) is 5.75 Å². The minimum Gasteiger partial charge on any atom is -0.491 e. The highest BCUT2D eigenvalue weighted by Gasteiger charge is 2.23. The molecule has 1 heterocycles. The Morgan fingerprint density at radius 2 is 1.88 bits per heavy atom. The molecule has 0 spiro atoms. The summed E-state index contributed by atoms with van der Waals surface area (Å²) in [5.41, 5.74) is 0. The van der Waals surface area contributed by atoms with Gasteiger partial charge in [0.05, 0.1) is 25.9 Å². The lowest BCUT2D eigenvalue weighted by molar-refractivity contribution is -0.0000935. The van der Waals surface area contributed by atoms with Crippen LogP contribution >= 0.6 is 15.9 Å². The highest BCUT2D eigenvalue weighted by atomic mass is 79.9. The summed E-state index contributed by atoms with van der Waals surface area (Å²) in [7, 11) is 0. The third-order valence-corrected chi connectivity index (χ3v) is 4.52. The number of aliphatic hydroxyl groups excluding tert-OH is 1. The topological polar surface area (TPSA) is 71.5 Å². The van der Waals surface area contributed by atoms with Crippen molar-refractivity contribution in [3.63, 3.8) is 0 Å². The van der Waals surface area contributed by atoms with Gasteiger partial charge in [0.1, 0.15) is 12.4 Å². The van der Waals surface area contributed by atoms with E-state index in [1.165, 1.54) is 0 Å². The molecule has 2 rings (SSSR count). The number of benzene rings is 1. The van der Waals surface area contributed by atoms with E-state index in [2.05, 4.69) is 20.8 Å². The minimum atomic E-state index is -0.558. The smallest absolute Gasteiger partial charge is 0.409 e. The Hall–Kier alpha value is -1.35. The molecule has 1 aliphatic rings. The van der Waals surface area contributed by atoms with Gasteiger partial charge in [0.15, 0.2) is 0 Å². The van der Waals surface area contributed by atoms with Gasteiger partial charge in [0, 0.05) is 37.2 Å². The van der Waals surface area contributed by atoms with E-state index >= 15 is 0 Å². The second-order valence-corrected chi connectivity index (χ2v) is 6.93. The number of carbonyl (C=O) groups is 1. The normalized spacial score (nSPS) is 16.3. The van der Waals surface area contributed by atoms with E-state index in [1.54, 1.807) is 11.8 Å². The standard InChI is InChI=1S/C18H27BrN2O5/c1-2-25-18(23)21-9-7-20(8-10-21)13-16(22)14-24-11-12-26-17-5-3-15(19)4-6-17/h3-6,16,22H,2,7-14H2,1H3/t16-/m1/s1. The van der Waals surface area contributed by atoms with Gasteiger partial charge in [-0.3, -0.25) is 4.90 Å². The first-order valence-electron chi connectivity index (χ1n) is 8.86. The van der Waals surface area contributed by atoms with E-state index in [0.29, 0.717) is 39.5 Å². The number of piperazine rings is 1. The third-order valence-electron chi connectivity index (χ3n) is 3.99. The fraction of sp³-hybridized carbons (Fsp3) is 0.611. The van der Waals surface area contributed by atoms with Gasteiger partial charge in [0.2, 0.25) is 0 Å². The molecule has 7 nitrogen and oxygen atoms in total. The van der Waals surface area contributed by atoms with Crippen molar-refractivity contribution in [1.82, 2.24) is 9.80 Å². The van der Waals surface area contributed by atoms with Crippen molar-refractivity contribution < 1.29 is 24.1 Å². The highest BCUT2D eigenvalue weighted by Crippen LogP contribution is 2.15. The molecule has 1 saturated heterocycles. The molecule has 0 aromatic heterocycles. The highest BCUT2D eigenvalue weighted by molar-refractivity contribution is 9.10. The predicted octanol–water partition coefficient (Wildman–Crippen LogP) is 1.98. The van der Waals surface area contributed by atoms with E-state index in [-0.39, 0.29) is 12.7 Å². The van der Waals surface area contributed by atoms with Crippen LogP contribution in [-0.2, 0) is 9.47 Å². The first kappa shape index (κ1) is 21.0. The van der Waals surface area contributed by atoms with Gasteiger partial charge in [0.25, 0.3) is 0 Å². The number of rotatable bonds is 9. The Balaban J connectivity index is 1.53. The third kappa shape index (κ3) is 7.49. The molecule has 1 fully saturated rings. The minimum absolute atomic E-state index is 0.262. The van der Waals surface area contributed by atoms with E-state index in [1.807, 2.05) is 24.3 Å². The van der Waals surface area contributed by atoms with Crippen molar-refractivity contribution in [3.8, 4) is 5.75 Å². The Morgan fingerprint density at radius 1 is 1.19 bits per heavy atom. The number of amides is 1. The number of ether oxygens (including phenoxy) is 3. The first-order valence-corrected chi connectivity index (χ1v) is 9.66. The summed E-state index contributed by atoms with van der Waals surface area (Å²) in [6.07, 6.45) is -0.821. The van der Waals surface area contributed by atoms with Gasteiger partial charge in [-0.15, -0.1) is 0 Å². The maximum atomic E-state index is 11.7. The molecular formula is C18H27BrN2O5. The van der Waals surface area contributed by atoms with Crippen LogP contribution in [0.3, 0.4) is 0 Å². The summed E-state index contributed by atoms with van der Waals surface area (Å²) in [6, 6.07) is 7.60. The summed E-state index contributed by atoms with van der Waals surface area (Å²) < 4.78 is 17.0. The molecule has 0 saturated carbocycles. The predicted molar refractivity (Wildman–Crippen MR) is 101 cm³/mol. The average molecular weight is 431 g/mol. The van der Waals surface area contributed by atoms with Gasteiger partial charge in [-0.2, -0.15) is 0 Å². The van der Waals surface area contributed by atoms with Crippen molar-refractivity contribution in [2.75, 3.05) is 59.2 Å². The number of hydrogen-bond acceptors (Lipinski definition) is 6. The van der Waals surface area contributed by atoms with Gasteiger partial charge in [-0.1, -0.05) is 15.9 Å². The molecule has 1 amide bonds.